The van der Waals surface area contributed by atoms with E-state index in [2.05, 4.69) is 25.3 Å². The van der Waals surface area contributed by atoms with Gasteiger partial charge in [-0.2, -0.15) is 0 Å². The number of carbonyl (C=O) groups excluding carboxylic acids is 2. The van der Waals surface area contributed by atoms with E-state index in [-0.39, 0.29) is 24.4 Å². The Balaban J connectivity index is 1.54. The summed E-state index contributed by atoms with van der Waals surface area (Å²) in [4.78, 5) is 31.9. The van der Waals surface area contributed by atoms with Gasteiger partial charge < -0.3 is 14.5 Å². The normalized spacial score (nSPS) is 15.0. The summed E-state index contributed by atoms with van der Waals surface area (Å²) >= 11 is 14.0. The molecule has 37 heavy (non-hydrogen) atoms. The predicted molar refractivity (Wildman–Crippen MR) is 151 cm³/mol. The highest BCUT2D eigenvalue weighted by molar-refractivity contribution is 7.10. The van der Waals surface area contributed by atoms with Gasteiger partial charge in [0.15, 0.2) is 0 Å². The summed E-state index contributed by atoms with van der Waals surface area (Å²) < 4.78 is 6.16. The molecule has 4 rings (SSSR count). The maximum absolute atomic E-state index is 13.7. The second kappa shape index (κ2) is 12.3. The summed E-state index contributed by atoms with van der Waals surface area (Å²) in [6.45, 7) is 7.57. The fraction of sp³-hybridized carbons (Fsp3) is 0.379. The summed E-state index contributed by atoms with van der Waals surface area (Å²) in [5, 5.41) is 3.25. The molecule has 0 unspecified atom stereocenters. The number of amides is 2. The summed E-state index contributed by atoms with van der Waals surface area (Å²) in [5.74, 6) is 0.842. The number of aryl methyl sites for hydroxylation is 1. The Morgan fingerprint density at radius 2 is 1.97 bits per heavy atom. The van der Waals surface area contributed by atoms with Crippen LogP contribution in [-0.4, -0.2) is 47.9 Å². The lowest BCUT2D eigenvalue weighted by atomic mass is 10.00. The lowest BCUT2D eigenvalue weighted by molar-refractivity contribution is -0.135. The van der Waals surface area contributed by atoms with Gasteiger partial charge in [0, 0.05) is 33.6 Å². The third-order valence-corrected chi connectivity index (χ3v) is 8.27. The lowest BCUT2D eigenvalue weighted by Crippen LogP contribution is -2.48. The first-order valence-corrected chi connectivity index (χ1v) is 14.2. The molecule has 1 aliphatic rings. The minimum Gasteiger partial charge on any atom is -0.491 e. The first kappa shape index (κ1) is 27.5. The van der Waals surface area contributed by atoms with Crippen LogP contribution < -0.4 is 4.74 Å². The van der Waals surface area contributed by atoms with Crippen molar-refractivity contribution in [2.45, 2.75) is 39.7 Å². The molecule has 1 aliphatic heterocycles. The van der Waals surface area contributed by atoms with Crippen molar-refractivity contribution < 1.29 is 14.3 Å². The van der Waals surface area contributed by atoms with Crippen molar-refractivity contribution in [3.05, 3.63) is 85.5 Å². The first-order chi connectivity index (χ1) is 17.7. The predicted octanol–water partition coefficient (Wildman–Crippen LogP) is 7.06. The lowest BCUT2D eigenvalue weighted by Gasteiger charge is -2.37. The summed E-state index contributed by atoms with van der Waals surface area (Å²) in [7, 11) is 0. The maximum atomic E-state index is 13.7. The number of fused-ring (bicyclic) bond motifs is 1. The average molecular weight is 560 g/mol. The SMILES string of the molecule is Cc1cc(OC[C@H]2c3ccsc3CCN2C(=O)CN(CCC(C)C)C(=O)c2cccc(Cl)c2)ccc1Cl. The van der Waals surface area contributed by atoms with Crippen molar-refractivity contribution in [2.75, 3.05) is 26.2 Å². The third kappa shape index (κ3) is 6.86. The number of carbonyl (C=O) groups is 2. The number of halogens is 2. The average Bonchev–Trinajstić information content (AvgIpc) is 3.35. The van der Waals surface area contributed by atoms with Crippen LogP contribution in [-0.2, 0) is 11.2 Å². The standard InChI is InChI=1S/C29H32Cl2N2O3S/c1-19(2)9-12-32(29(35)21-5-4-6-22(30)16-21)17-28(34)33-13-10-27-24(11-14-37-27)26(33)18-36-23-7-8-25(31)20(3)15-23/h4-8,11,14-16,19,26H,9-10,12-13,17-18H2,1-3H3/t26-/m0/s1. The Morgan fingerprint density at radius 1 is 1.16 bits per heavy atom. The van der Waals surface area contributed by atoms with Crippen LogP contribution in [0.4, 0.5) is 0 Å². The molecule has 0 saturated carbocycles. The van der Waals surface area contributed by atoms with Gasteiger partial charge in [-0.1, -0.05) is 43.1 Å². The van der Waals surface area contributed by atoms with Crippen LogP contribution in [0.1, 0.15) is 52.7 Å². The number of ether oxygens (including phenoxy) is 1. The molecule has 8 heteroatoms. The summed E-state index contributed by atoms with van der Waals surface area (Å²) in [6.07, 6.45) is 1.60. The van der Waals surface area contributed by atoms with E-state index < -0.39 is 0 Å². The van der Waals surface area contributed by atoms with Crippen molar-refractivity contribution >= 4 is 46.4 Å². The minimum absolute atomic E-state index is 0.00803. The molecule has 2 heterocycles. The molecule has 0 N–H and O–H groups in total. The largest absolute Gasteiger partial charge is 0.491 e. The second-order valence-corrected chi connectivity index (χ2v) is 11.6. The van der Waals surface area contributed by atoms with Crippen molar-refractivity contribution in [3.8, 4) is 5.75 Å². The zero-order valence-electron chi connectivity index (χ0n) is 21.4. The number of hydrogen-bond acceptors (Lipinski definition) is 4. The smallest absolute Gasteiger partial charge is 0.254 e. The molecule has 1 aromatic heterocycles. The summed E-state index contributed by atoms with van der Waals surface area (Å²) in [6, 6.07) is 14.3. The van der Waals surface area contributed by atoms with E-state index in [0.29, 0.717) is 47.0 Å². The highest BCUT2D eigenvalue weighted by Gasteiger charge is 2.33. The Morgan fingerprint density at radius 3 is 2.70 bits per heavy atom. The van der Waals surface area contributed by atoms with Crippen molar-refractivity contribution in [2.24, 2.45) is 5.92 Å². The van der Waals surface area contributed by atoms with Crippen molar-refractivity contribution in [3.63, 3.8) is 0 Å². The molecule has 0 radical (unpaired) electrons. The van der Waals surface area contributed by atoms with Crippen LogP contribution in [0.2, 0.25) is 10.0 Å². The van der Waals surface area contributed by atoms with Crippen molar-refractivity contribution in [1.82, 2.24) is 9.80 Å². The fourth-order valence-corrected chi connectivity index (χ4v) is 5.72. The maximum Gasteiger partial charge on any atom is 0.254 e. The van der Waals surface area contributed by atoms with Gasteiger partial charge in [-0.05, 0) is 84.7 Å². The number of hydrogen-bond donors (Lipinski definition) is 0. The van der Waals surface area contributed by atoms with Crippen LogP contribution in [0.5, 0.6) is 5.75 Å². The van der Waals surface area contributed by atoms with Gasteiger partial charge in [0.1, 0.15) is 18.9 Å². The first-order valence-electron chi connectivity index (χ1n) is 12.5. The summed E-state index contributed by atoms with van der Waals surface area (Å²) in [5.41, 5.74) is 2.54. The van der Waals surface area contributed by atoms with E-state index >= 15 is 0 Å². The van der Waals surface area contributed by atoms with Crippen LogP contribution in [0, 0.1) is 12.8 Å². The van der Waals surface area contributed by atoms with Gasteiger partial charge in [-0.3, -0.25) is 9.59 Å². The van der Waals surface area contributed by atoms with E-state index in [0.717, 1.165) is 24.0 Å². The molecule has 2 aromatic carbocycles. The topological polar surface area (TPSA) is 49.9 Å². The minimum atomic E-state index is -0.230. The van der Waals surface area contributed by atoms with E-state index in [1.807, 2.05) is 30.0 Å². The number of rotatable bonds is 9. The van der Waals surface area contributed by atoms with Crippen LogP contribution in [0.15, 0.2) is 53.9 Å². The van der Waals surface area contributed by atoms with Gasteiger partial charge in [0.2, 0.25) is 5.91 Å². The molecule has 0 bridgehead atoms. The Hall–Kier alpha value is -2.54. The monoisotopic (exact) mass is 558 g/mol. The number of thiophene rings is 1. The van der Waals surface area contributed by atoms with Crippen molar-refractivity contribution in [1.29, 1.82) is 0 Å². The van der Waals surface area contributed by atoms with Gasteiger partial charge in [0.05, 0.1) is 6.04 Å². The van der Waals surface area contributed by atoms with Gasteiger partial charge >= 0.3 is 0 Å². The molecule has 0 spiro atoms. The zero-order chi connectivity index (χ0) is 26.5. The molecule has 196 valence electrons. The molecular weight excluding hydrogens is 527 g/mol. The highest BCUT2D eigenvalue weighted by Crippen LogP contribution is 2.34. The molecule has 0 aliphatic carbocycles. The molecule has 5 nitrogen and oxygen atoms in total. The van der Waals surface area contributed by atoms with Gasteiger partial charge in [-0.15, -0.1) is 11.3 Å². The quantitative estimate of drug-likeness (QED) is 0.282. The van der Waals surface area contributed by atoms with Gasteiger partial charge in [0.25, 0.3) is 5.91 Å². The highest BCUT2D eigenvalue weighted by atomic mass is 35.5. The Kier molecular flexibility index (Phi) is 9.17. The Labute approximate surface area is 232 Å². The Bertz CT molecular complexity index is 1260. The second-order valence-electron chi connectivity index (χ2n) is 9.79. The van der Waals surface area contributed by atoms with Crippen LogP contribution in [0.3, 0.4) is 0 Å². The van der Waals surface area contributed by atoms with Gasteiger partial charge in [-0.25, -0.2) is 0 Å². The van der Waals surface area contributed by atoms with Crippen LogP contribution >= 0.6 is 34.5 Å². The van der Waals surface area contributed by atoms with Crippen LogP contribution in [0.25, 0.3) is 0 Å². The molecule has 0 saturated heterocycles. The number of nitrogens with zero attached hydrogens (tertiary/aromatic N) is 2. The van der Waals surface area contributed by atoms with E-state index in [1.54, 1.807) is 40.5 Å². The molecule has 2 amide bonds. The van der Waals surface area contributed by atoms with E-state index in [9.17, 15) is 9.59 Å². The van der Waals surface area contributed by atoms with E-state index in [4.69, 9.17) is 27.9 Å². The molecular formula is C29H32Cl2N2O3S. The van der Waals surface area contributed by atoms with E-state index in [1.165, 1.54) is 4.88 Å². The number of benzene rings is 2. The zero-order valence-corrected chi connectivity index (χ0v) is 23.7. The third-order valence-electron chi connectivity index (χ3n) is 6.61. The molecule has 0 fully saturated rings. The molecule has 1 atom stereocenters. The fourth-order valence-electron chi connectivity index (χ4n) is 4.48. The molecule has 3 aromatic rings.